The first-order chi connectivity index (χ1) is 17.0. The highest BCUT2D eigenvalue weighted by atomic mass is 35.5. The van der Waals surface area contributed by atoms with Gasteiger partial charge in [-0.15, -0.1) is 12.4 Å². The van der Waals surface area contributed by atoms with E-state index in [1.807, 2.05) is 30.7 Å². The number of hydrogen-bond donors (Lipinski definition) is 2. The lowest BCUT2D eigenvalue weighted by Crippen LogP contribution is -2.47. The molecule has 12 heteroatoms. The second-order valence-corrected chi connectivity index (χ2v) is 9.95. The first-order valence-electron chi connectivity index (χ1n) is 11.9. The number of aromatic amines is 1. The van der Waals surface area contributed by atoms with Gasteiger partial charge in [0, 0.05) is 47.0 Å². The number of fused-ring (bicyclic) bond motifs is 4. The van der Waals surface area contributed by atoms with Crippen LogP contribution in [0, 0.1) is 6.92 Å². The van der Waals surface area contributed by atoms with Crippen LogP contribution in [0.5, 0.6) is 0 Å². The number of rotatable bonds is 4. The molecule has 3 N–H and O–H groups in total. The third kappa shape index (κ3) is 3.71. The Labute approximate surface area is 217 Å². The van der Waals surface area contributed by atoms with Gasteiger partial charge in [-0.1, -0.05) is 22.8 Å². The zero-order valence-corrected chi connectivity index (χ0v) is 21.1. The standard InChI is InChI=1S/C24H24ClN9O.ClH/c1-12-29-21(35-32-12)11-33-10-18-19(31-33)5-4-16(22(18)25)17-8-28-24-23(17)27-9-20(30-24)34-14-2-3-15(34)7-13(26)6-14;/h4-5,8-10,13-15H,2-3,6-7,11,26H2,1H3,(H,28,30);1H. The van der Waals surface area contributed by atoms with Crippen LogP contribution in [-0.4, -0.2) is 53.0 Å². The number of hydrogen-bond acceptors (Lipinski definition) is 8. The van der Waals surface area contributed by atoms with Gasteiger partial charge in [0.2, 0.25) is 5.89 Å². The molecule has 6 heterocycles. The average Bonchev–Trinajstić information content (AvgIpc) is 3.60. The Morgan fingerprint density at radius 1 is 1.17 bits per heavy atom. The molecule has 2 aliphatic rings. The first-order valence-corrected chi connectivity index (χ1v) is 12.2. The van der Waals surface area contributed by atoms with Crippen molar-refractivity contribution in [3.63, 3.8) is 0 Å². The molecule has 0 aliphatic carbocycles. The van der Waals surface area contributed by atoms with Crippen LogP contribution in [0.15, 0.2) is 35.2 Å². The molecule has 0 radical (unpaired) electrons. The van der Waals surface area contributed by atoms with Crippen molar-refractivity contribution in [2.75, 3.05) is 4.90 Å². The summed E-state index contributed by atoms with van der Waals surface area (Å²) in [6, 6.07) is 5.13. The zero-order chi connectivity index (χ0) is 23.7. The lowest BCUT2D eigenvalue weighted by molar-refractivity contribution is 0.363. The number of nitrogens with two attached hydrogens (primary N) is 1. The van der Waals surface area contributed by atoms with Crippen LogP contribution in [0.1, 0.15) is 37.4 Å². The van der Waals surface area contributed by atoms with E-state index in [4.69, 9.17) is 31.8 Å². The maximum atomic E-state index is 6.88. The minimum Gasteiger partial charge on any atom is -0.349 e. The van der Waals surface area contributed by atoms with E-state index < -0.39 is 0 Å². The van der Waals surface area contributed by atoms with Gasteiger partial charge in [0.15, 0.2) is 11.5 Å². The van der Waals surface area contributed by atoms with E-state index in [1.165, 1.54) is 12.8 Å². The van der Waals surface area contributed by atoms with Gasteiger partial charge in [-0.05, 0) is 38.7 Å². The van der Waals surface area contributed by atoms with E-state index >= 15 is 0 Å². The maximum absolute atomic E-state index is 6.88. The Morgan fingerprint density at radius 3 is 2.72 bits per heavy atom. The van der Waals surface area contributed by atoms with Gasteiger partial charge >= 0.3 is 0 Å². The zero-order valence-electron chi connectivity index (χ0n) is 19.6. The van der Waals surface area contributed by atoms with Crippen molar-refractivity contribution in [1.29, 1.82) is 0 Å². The number of piperidine rings is 1. The summed E-state index contributed by atoms with van der Waals surface area (Å²) in [5.41, 5.74) is 10.4. The minimum absolute atomic E-state index is 0. The van der Waals surface area contributed by atoms with Crippen LogP contribution in [0.2, 0.25) is 5.02 Å². The van der Waals surface area contributed by atoms with Crippen LogP contribution in [-0.2, 0) is 6.54 Å². The van der Waals surface area contributed by atoms with Crippen LogP contribution >= 0.6 is 24.0 Å². The highest BCUT2D eigenvalue weighted by Crippen LogP contribution is 2.40. The van der Waals surface area contributed by atoms with Crippen molar-refractivity contribution in [3.05, 3.63) is 47.5 Å². The third-order valence-corrected chi connectivity index (χ3v) is 7.64. The molecule has 2 atom stereocenters. The predicted molar refractivity (Wildman–Crippen MR) is 140 cm³/mol. The molecule has 0 saturated carbocycles. The molecule has 2 fully saturated rings. The molecule has 1 aromatic carbocycles. The Bertz CT molecular complexity index is 1560. The quantitative estimate of drug-likeness (QED) is 0.356. The summed E-state index contributed by atoms with van der Waals surface area (Å²) < 4.78 is 6.97. The SMILES string of the molecule is Cc1noc(Cn2cc3c(Cl)c(-c4c[nH]c5nc(N6C7CCC6CC(N)C7)cnc45)ccc3n2)n1.Cl. The van der Waals surface area contributed by atoms with Crippen LogP contribution in [0.25, 0.3) is 33.2 Å². The van der Waals surface area contributed by atoms with Crippen molar-refractivity contribution in [2.24, 2.45) is 5.73 Å². The van der Waals surface area contributed by atoms with Gasteiger partial charge in [0.05, 0.1) is 16.7 Å². The molecule has 2 unspecified atom stereocenters. The maximum Gasteiger partial charge on any atom is 0.248 e. The molecule has 2 saturated heterocycles. The highest BCUT2D eigenvalue weighted by Gasteiger charge is 2.40. The molecular weight excluding hydrogens is 501 g/mol. The molecule has 186 valence electrons. The number of halogens is 2. The number of H-pyrrole nitrogens is 1. The number of aryl methyl sites for hydroxylation is 1. The summed E-state index contributed by atoms with van der Waals surface area (Å²) in [6.45, 7) is 2.17. The first kappa shape index (κ1) is 23.2. The topological polar surface area (TPSA) is 128 Å². The van der Waals surface area contributed by atoms with E-state index in [9.17, 15) is 0 Å². The second kappa shape index (κ2) is 8.72. The van der Waals surface area contributed by atoms with Crippen molar-refractivity contribution in [1.82, 2.24) is 34.9 Å². The average molecular weight is 526 g/mol. The Hall–Kier alpha value is -3.21. The lowest BCUT2D eigenvalue weighted by atomic mass is 9.98. The molecule has 5 aromatic rings. The molecule has 2 bridgehead atoms. The second-order valence-electron chi connectivity index (χ2n) is 9.57. The van der Waals surface area contributed by atoms with Crippen molar-refractivity contribution >= 4 is 51.9 Å². The Morgan fingerprint density at radius 2 is 1.97 bits per heavy atom. The van der Waals surface area contributed by atoms with Gasteiger partial charge < -0.3 is 20.1 Å². The lowest BCUT2D eigenvalue weighted by Gasteiger charge is -2.38. The summed E-state index contributed by atoms with van der Waals surface area (Å²) in [5.74, 6) is 2.01. The fourth-order valence-electron chi connectivity index (χ4n) is 5.75. The predicted octanol–water partition coefficient (Wildman–Crippen LogP) is 4.25. The number of anilines is 1. The van der Waals surface area contributed by atoms with Crippen LogP contribution < -0.4 is 10.6 Å². The molecule has 36 heavy (non-hydrogen) atoms. The molecule has 0 spiro atoms. The van der Waals surface area contributed by atoms with Gasteiger partial charge in [-0.2, -0.15) is 10.1 Å². The number of aromatic nitrogens is 7. The molecular formula is C24H25Cl2N9O. The smallest absolute Gasteiger partial charge is 0.248 e. The number of benzene rings is 1. The Balaban J connectivity index is 0.00000240. The van der Waals surface area contributed by atoms with E-state index in [1.54, 1.807) is 11.6 Å². The van der Waals surface area contributed by atoms with Gasteiger partial charge in [0.25, 0.3) is 0 Å². The van der Waals surface area contributed by atoms with E-state index in [0.717, 1.165) is 51.9 Å². The number of nitrogens with one attached hydrogen (secondary N) is 1. The fourth-order valence-corrected chi connectivity index (χ4v) is 6.06. The summed E-state index contributed by atoms with van der Waals surface area (Å²) >= 11 is 6.88. The van der Waals surface area contributed by atoms with E-state index in [0.29, 0.717) is 35.4 Å². The van der Waals surface area contributed by atoms with Crippen molar-refractivity contribution < 1.29 is 4.52 Å². The largest absolute Gasteiger partial charge is 0.349 e. The minimum atomic E-state index is 0. The molecule has 0 amide bonds. The highest BCUT2D eigenvalue weighted by molar-refractivity contribution is 6.38. The van der Waals surface area contributed by atoms with E-state index in [2.05, 4.69) is 25.1 Å². The van der Waals surface area contributed by atoms with Crippen molar-refractivity contribution in [2.45, 2.75) is 57.3 Å². The molecule has 4 aromatic heterocycles. The summed E-state index contributed by atoms with van der Waals surface area (Å²) in [4.78, 5) is 19.7. The Kier molecular flexibility index (Phi) is 5.62. The normalized spacial score (nSPS) is 21.4. The van der Waals surface area contributed by atoms with E-state index in [-0.39, 0.29) is 18.4 Å². The molecule has 7 rings (SSSR count). The number of nitrogens with zero attached hydrogens (tertiary/aromatic N) is 7. The summed E-state index contributed by atoms with van der Waals surface area (Å²) in [5, 5.41) is 9.90. The molecule has 2 aliphatic heterocycles. The van der Waals surface area contributed by atoms with Crippen LogP contribution in [0.4, 0.5) is 5.82 Å². The van der Waals surface area contributed by atoms with Gasteiger partial charge in [0.1, 0.15) is 17.9 Å². The summed E-state index contributed by atoms with van der Waals surface area (Å²) in [7, 11) is 0. The van der Waals surface area contributed by atoms with Gasteiger partial charge in [-0.3, -0.25) is 4.68 Å². The van der Waals surface area contributed by atoms with Crippen molar-refractivity contribution in [3.8, 4) is 11.1 Å². The third-order valence-electron chi connectivity index (χ3n) is 7.23. The molecule has 10 nitrogen and oxygen atoms in total. The van der Waals surface area contributed by atoms with Gasteiger partial charge in [-0.25, -0.2) is 9.97 Å². The monoisotopic (exact) mass is 525 g/mol. The summed E-state index contributed by atoms with van der Waals surface area (Å²) in [6.07, 6.45) is 10.1. The van der Waals surface area contributed by atoms with Crippen LogP contribution in [0.3, 0.4) is 0 Å². The fraction of sp³-hybridized carbons (Fsp3) is 0.375.